The average molecular weight is 437 g/mol. The summed E-state index contributed by atoms with van der Waals surface area (Å²) in [4.78, 5) is 48.2. The van der Waals surface area contributed by atoms with Gasteiger partial charge in [-0.3, -0.25) is 14.4 Å². The predicted molar refractivity (Wildman–Crippen MR) is 108 cm³/mol. The van der Waals surface area contributed by atoms with Crippen molar-refractivity contribution < 1.29 is 58.9 Å². The molecule has 0 aliphatic rings. The Kier molecular flexibility index (Phi) is 11.9. The van der Waals surface area contributed by atoms with Crippen LogP contribution < -0.4 is 45.3 Å². The van der Waals surface area contributed by atoms with Gasteiger partial charge in [-0.15, -0.1) is 0 Å². The molecular weight excluding hydrogens is 399 g/mol. The van der Waals surface area contributed by atoms with Crippen LogP contribution in [0.3, 0.4) is 0 Å². The van der Waals surface area contributed by atoms with E-state index in [1.54, 1.807) is 62.3 Å². The van der Waals surface area contributed by atoms with Crippen LogP contribution in [0.25, 0.3) is 0 Å². The van der Waals surface area contributed by atoms with Crippen molar-refractivity contribution >= 4 is 23.8 Å². The number of amides is 2. The molecule has 0 aliphatic carbocycles. The Balaban J connectivity index is 0. The molecule has 9 heteroatoms. The SMILES string of the molecule is CC(C)NC(=O)C(CC(=O)O)C(C)(C)C(C)(C)NC(=O)C(CC(=O)[O-])C(C)(C)C.[Na+]. The third-order valence-electron chi connectivity index (χ3n) is 5.78. The largest absolute Gasteiger partial charge is 1.00 e. The first-order valence-corrected chi connectivity index (χ1v) is 9.87. The van der Waals surface area contributed by atoms with Crippen molar-refractivity contribution in [3.63, 3.8) is 0 Å². The van der Waals surface area contributed by atoms with E-state index in [1.165, 1.54) is 0 Å². The second kappa shape index (κ2) is 11.5. The molecule has 0 spiro atoms. The van der Waals surface area contributed by atoms with Gasteiger partial charge in [0.05, 0.1) is 12.3 Å². The summed E-state index contributed by atoms with van der Waals surface area (Å²) in [6.45, 7) is 15.7. The minimum atomic E-state index is -1.32. The van der Waals surface area contributed by atoms with Crippen LogP contribution in [0.2, 0.25) is 0 Å². The molecule has 2 atom stereocenters. The minimum absolute atomic E-state index is 0. The van der Waals surface area contributed by atoms with E-state index in [0.717, 1.165) is 0 Å². The van der Waals surface area contributed by atoms with Gasteiger partial charge in [-0.05, 0) is 44.9 Å². The summed E-state index contributed by atoms with van der Waals surface area (Å²) in [5.41, 5.74) is -2.59. The van der Waals surface area contributed by atoms with Crippen LogP contribution in [0, 0.1) is 22.7 Å². The number of rotatable bonds is 10. The predicted octanol–water partition coefficient (Wildman–Crippen LogP) is -1.67. The van der Waals surface area contributed by atoms with E-state index in [4.69, 9.17) is 0 Å². The molecule has 0 radical (unpaired) electrons. The first-order chi connectivity index (χ1) is 12.8. The number of carboxylic acid groups (broad SMARTS) is 2. The van der Waals surface area contributed by atoms with Crippen LogP contribution in [0.5, 0.6) is 0 Å². The smallest absolute Gasteiger partial charge is 0.550 e. The second-order valence-corrected chi connectivity index (χ2v) is 10.1. The fraction of sp³-hybridized carbons (Fsp3) is 0.810. The van der Waals surface area contributed by atoms with Crippen LogP contribution in [0.15, 0.2) is 0 Å². The molecule has 30 heavy (non-hydrogen) atoms. The molecule has 0 bridgehead atoms. The molecule has 0 aromatic rings. The van der Waals surface area contributed by atoms with Gasteiger partial charge in [0, 0.05) is 23.5 Å². The molecule has 0 aliphatic heterocycles. The molecular formula is C21H37N2NaO6. The van der Waals surface area contributed by atoms with Crippen molar-refractivity contribution in [3.8, 4) is 0 Å². The molecule has 0 rings (SSSR count). The zero-order valence-corrected chi connectivity index (χ0v) is 22.1. The fourth-order valence-corrected chi connectivity index (χ4v) is 3.19. The molecule has 0 saturated heterocycles. The topological polar surface area (TPSA) is 136 Å². The Labute approximate surface area is 202 Å². The zero-order chi connectivity index (χ0) is 23.4. The minimum Gasteiger partial charge on any atom is -0.550 e. The van der Waals surface area contributed by atoms with Gasteiger partial charge in [-0.2, -0.15) is 0 Å². The number of hydrogen-bond acceptors (Lipinski definition) is 5. The third kappa shape index (κ3) is 8.94. The molecule has 8 nitrogen and oxygen atoms in total. The molecule has 0 saturated carbocycles. The van der Waals surface area contributed by atoms with Gasteiger partial charge in [0.25, 0.3) is 0 Å². The second-order valence-electron chi connectivity index (χ2n) is 10.1. The maximum absolute atomic E-state index is 13.0. The van der Waals surface area contributed by atoms with Crippen LogP contribution in [-0.2, 0) is 19.2 Å². The Bertz CT molecular complexity index is 638. The summed E-state index contributed by atoms with van der Waals surface area (Å²) in [7, 11) is 0. The maximum atomic E-state index is 13.0. The molecule has 2 amide bonds. The molecule has 3 N–H and O–H groups in total. The third-order valence-corrected chi connectivity index (χ3v) is 5.78. The Hall–Kier alpha value is -1.12. The first-order valence-electron chi connectivity index (χ1n) is 9.87. The van der Waals surface area contributed by atoms with Crippen molar-refractivity contribution in [2.45, 2.75) is 86.7 Å². The van der Waals surface area contributed by atoms with Crippen molar-refractivity contribution in [2.75, 3.05) is 0 Å². The van der Waals surface area contributed by atoms with Gasteiger partial charge < -0.3 is 25.6 Å². The Morgan fingerprint density at radius 2 is 1.33 bits per heavy atom. The standard InChI is InChI=1S/C21H38N2O6.Na/c1-12(2)22-17(28)14(11-16(26)27)20(6,7)21(8,9)23-18(29)13(10-15(24)25)19(3,4)5;/h12-14H,10-11H2,1-9H3,(H,22,28)(H,23,29)(H,24,25)(H,26,27);/q;+1/p-1. The number of aliphatic carboxylic acids is 2. The molecule has 0 fully saturated rings. The summed E-state index contributed by atoms with van der Waals surface area (Å²) < 4.78 is 0. The number of carbonyl (C=O) groups is 4. The average Bonchev–Trinajstić information content (AvgIpc) is 2.47. The Morgan fingerprint density at radius 3 is 1.67 bits per heavy atom. The van der Waals surface area contributed by atoms with Crippen molar-refractivity contribution in [3.05, 3.63) is 0 Å². The van der Waals surface area contributed by atoms with E-state index in [1.807, 2.05) is 0 Å². The van der Waals surface area contributed by atoms with Gasteiger partial charge >= 0.3 is 35.5 Å². The summed E-state index contributed by atoms with van der Waals surface area (Å²) in [6, 6.07) is -0.166. The van der Waals surface area contributed by atoms with Crippen LogP contribution in [-0.4, -0.2) is 40.4 Å². The number of nitrogens with one attached hydrogen (secondary N) is 2. The van der Waals surface area contributed by atoms with Crippen molar-refractivity contribution in [1.29, 1.82) is 0 Å². The normalized spacial score (nSPS) is 14.3. The van der Waals surface area contributed by atoms with Crippen molar-refractivity contribution in [2.24, 2.45) is 22.7 Å². The van der Waals surface area contributed by atoms with E-state index in [-0.39, 0.29) is 35.6 Å². The van der Waals surface area contributed by atoms with E-state index in [9.17, 15) is 29.4 Å². The van der Waals surface area contributed by atoms with Crippen LogP contribution in [0.1, 0.15) is 75.2 Å². The van der Waals surface area contributed by atoms with E-state index in [0.29, 0.717) is 0 Å². The summed E-state index contributed by atoms with van der Waals surface area (Å²) in [5, 5.41) is 26.1. The van der Waals surface area contributed by atoms with E-state index >= 15 is 0 Å². The molecule has 2 unspecified atom stereocenters. The zero-order valence-electron chi connectivity index (χ0n) is 20.1. The molecule has 0 aromatic heterocycles. The van der Waals surface area contributed by atoms with Crippen molar-refractivity contribution in [1.82, 2.24) is 10.6 Å². The molecule has 0 heterocycles. The van der Waals surface area contributed by atoms with E-state index in [2.05, 4.69) is 10.6 Å². The summed E-state index contributed by atoms with van der Waals surface area (Å²) in [6.07, 6.45) is -0.829. The first kappa shape index (κ1) is 31.1. The quantitative estimate of drug-likeness (QED) is 0.351. The summed E-state index contributed by atoms with van der Waals surface area (Å²) in [5.74, 6) is -5.07. The van der Waals surface area contributed by atoms with Gasteiger partial charge in [0.1, 0.15) is 0 Å². The van der Waals surface area contributed by atoms with Gasteiger partial charge in [-0.1, -0.05) is 34.6 Å². The van der Waals surface area contributed by atoms with Gasteiger partial charge in [0.15, 0.2) is 0 Å². The van der Waals surface area contributed by atoms with Gasteiger partial charge in [0.2, 0.25) is 11.8 Å². The van der Waals surface area contributed by atoms with Crippen LogP contribution in [0.4, 0.5) is 0 Å². The van der Waals surface area contributed by atoms with Crippen LogP contribution >= 0.6 is 0 Å². The fourth-order valence-electron chi connectivity index (χ4n) is 3.19. The molecule has 168 valence electrons. The number of carbonyl (C=O) groups excluding carboxylic acids is 3. The number of hydrogen-bond donors (Lipinski definition) is 3. The maximum Gasteiger partial charge on any atom is 1.00 e. The summed E-state index contributed by atoms with van der Waals surface area (Å²) >= 11 is 0. The monoisotopic (exact) mass is 436 g/mol. The Morgan fingerprint density at radius 1 is 0.867 bits per heavy atom. The van der Waals surface area contributed by atoms with E-state index < -0.39 is 64.8 Å². The molecule has 0 aromatic carbocycles. The number of carboxylic acids is 2. The van der Waals surface area contributed by atoms with Gasteiger partial charge in [-0.25, -0.2) is 0 Å².